The first-order valence-corrected chi connectivity index (χ1v) is 5.91. The number of carbonyl (C=O) groups excluding carboxylic acids is 2. The van der Waals surface area contributed by atoms with E-state index < -0.39 is 0 Å². The second-order valence-corrected chi connectivity index (χ2v) is 4.27. The highest BCUT2D eigenvalue weighted by molar-refractivity contribution is 6.21. The summed E-state index contributed by atoms with van der Waals surface area (Å²) in [6.45, 7) is 2.59. The second-order valence-electron chi connectivity index (χ2n) is 4.27. The number of nitrogen functional groups attached to an aromatic ring is 1. The van der Waals surface area contributed by atoms with Gasteiger partial charge in [0.25, 0.3) is 11.8 Å². The van der Waals surface area contributed by atoms with E-state index in [2.05, 4.69) is 6.92 Å². The third-order valence-electron chi connectivity index (χ3n) is 2.98. The summed E-state index contributed by atoms with van der Waals surface area (Å²) in [6.07, 6.45) is 2.95. The Balaban J connectivity index is 2.20. The zero-order valence-electron chi connectivity index (χ0n) is 9.90. The largest absolute Gasteiger partial charge is 0.399 e. The van der Waals surface area contributed by atoms with Gasteiger partial charge in [0.2, 0.25) is 0 Å². The van der Waals surface area contributed by atoms with Crippen LogP contribution in [0.1, 0.15) is 46.9 Å². The molecule has 2 amide bonds. The Morgan fingerprint density at radius 1 is 1.12 bits per heavy atom. The molecule has 2 N–H and O–H groups in total. The molecule has 0 saturated carbocycles. The fraction of sp³-hybridized carbons (Fsp3) is 0.385. The molecule has 4 heteroatoms. The number of unbranched alkanes of at least 4 members (excludes halogenated alkanes) is 2. The average Bonchev–Trinajstić information content (AvgIpc) is 2.54. The van der Waals surface area contributed by atoms with Crippen LogP contribution in [0.5, 0.6) is 0 Å². The highest BCUT2D eigenvalue weighted by Crippen LogP contribution is 2.25. The first kappa shape index (κ1) is 11.6. The monoisotopic (exact) mass is 232 g/mol. The van der Waals surface area contributed by atoms with Crippen LogP contribution in [0, 0.1) is 0 Å². The Morgan fingerprint density at radius 3 is 2.53 bits per heavy atom. The van der Waals surface area contributed by atoms with Crippen LogP contribution in [0.15, 0.2) is 18.2 Å². The van der Waals surface area contributed by atoms with Crippen molar-refractivity contribution >= 4 is 17.5 Å². The Morgan fingerprint density at radius 2 is 1.82 bits per heavy atom. The summed E-state index contributed by atoms with van der Waals surface area (Å²) in [5.41, 5.74) is 7.05. The summed E-state index contributed by atoms with van der Waals surface area (Å²) in [4.78, 5) is 25.3. The number of carbonyl (C=O) groups is 2. The van der Waals surface area contributed by atoms with Crippen molar-refractivity contribution in [3.05, 3.63) is 29.3 Å². The number of hydrogen-bond acceptors (Lipinski definition) is 3. The molecular formula is C13H16N2O2. The number of anilines is 1. The molecular weight excluding hydrogens is 216 g/mol. The van der Waals surface area contributed by atoms with Gasteiger partial charge >= 0.3 is 0 Å². The molecule has 1 aromatic rings. The molecule has 1 heterocycles. The van der Waals surface area contributed by atoms with Crippen molar-refractivity contribution in [3.63, 3.8) is 0 Å². The molecule has 1 aliphatic heterocycles. The van der Waals surface area contributed by atoms with Crippen LogP contribution in [0.2, 0.25) is 0 Å². The molecule has 0 spiro atoms. The lowest BCUT2D eigenvalue weighted by Gasteiger charge is -2.12. The third kappa shape index (κ3) is 2.02. The molecule has 90 valence electrons. The molecule has 2 rings (SSSR count). The van der Waals surface area contributed by atoms with Gasteiger partial charge in [-0.3, -0.25) is 14.5 Å². The van der Waals surface area contributed by atoms with E-state index in [1.807, 2.05) is 0 Å². The van der Waals surface area contributed by atoms with Gasteiger partial charge in [-0.1, -0.05) is 19.8 Å². The minimum atomic E-state index is -0.214. The molecule has 0 unspecified atom stereocenters. The topological polar surface area (TPSA) is 63.4 Å². The number of amides is 2. The predicted molar refractivity (Wildman–Crippen MR) is 65.7 cm³/mol. The average molecular weight is 232 g/mol. The van der Waals surface area contributed by atoms with E-state index in [4.69, 9.17) is 5.73 Å². The van der Waals surface area contributed by atoms with Crippen molar-refractivity contribution in [1.82, 2.24) is 4.90 Å². The van der Waals surface area contributed by atoms with E-state index in [1.54, 1.807) is 18.2 Å². The van der Waals surface area contributed by atoms with E-state index in [1.165, 1.54) is 4.90 Å². The summed E-state index contributed by atoms with van der Waals surface area (Å²) >= 11 is 0. The van der Waals surface area contributed by atoms with Crippen molar-refractivity contribution in [2.75, 3.05) is 12.3 Å². The number of hydrogen-bond donors (Lipinski definition) is 1. The molecule has 0 aliphatic carbocycles. The lowest BCUT2D eigenvalue weighted by molar-refractivity contribution is 0.0651. The Hall–Kier alpha value is -1.84. The molecule has 1 aromatic carbocycles. The van der Waals surface area contributed by atoms with Crippen LogP contribution >= 0.6 is 0 Å². The summed E-state index contributed by atoms with van der Waals surface area (Å²) in [5.74, 6) is -0.408. The number of nitrogens with two attached hydrogens (primary N) is 1. The maximum atomic E-state index is 12.0. The van der Waals surface area contributed by atoms with E-state index in [9.17, 15) is 9.59 Å². The minimum Gasteiger partial charge on any atom is -0.399 e. The lowest BCUT2D eigenvalue weighted by Crippen LogP contribution is -2.30. The van der Waals surface area contributed by atoms with Gasteiger partial charge in [-0.05, 0) is 24.6 Å². The second kappa shape index (κ2) is 4.57. The molecule has 17 heavy (non-hydrogen) atoms. The Labute approximate surface area is 100 Å². The number of benzene rings is 1. The van der Waals surface area contributed by atoms with E-state index in [0.29, 0.717) is 23.4 Å². The number of imide groups is 1. The number of nitrogens with zero attached hydrogens (tertiary/aromatic N) is 1. The zero-order valence-corrected chi connectivity index (χ0v) is 9.90. The van der Waals surface area contributed by atoms with Crippen molar-refractivity contribution < 1.29 is 9.59 Å². The van der Waals surface area contributed by atoms with Gasteiger partial charge in [-0.15, -0.1) is 0 Å². The van der Waals surface area contributed by atoms with Gasteiger partial charge < -0.3 is 5.73 Å². The van der Waals surface area contributed by atoms with Gasteiger partial charge in [-0.25, -0.2) is 0 Å². The van der Waals surface area contributed by atoms with Crippen LogP contribution in [0.3, 0.4) is 0 Å². The summed E-state index contributed by atoms with van der Waals surface area (Å²) < 4.78 is 0. The van der Waals surface area contributed by atoms with Crippen LogP contribution in [-0.4, -0.2) is 23.3 Å². The Bertz CT molecular complexity index is 468. The van der Waals surface area contributed by atoms with Gasteiger partial charge in [0.1, 0.15) is 0 Å². The highest BCUT2D eigenvalue weighted by Gasteiger charge is 2.34. The number of rotatable bonds is 4. The van der Waals surface area contributed by atoms with E-state index in [-0.39, 0.29) is 11.8 Å². The molecule has 0 aromatic heterocycles. The standard InChI is InChI=1S/C13H16N2O2/c1-2-3-4-7-15-12(16)10-6-5-9(14)8-11(10)13(15)17/h5-6,8H,2-4,7,14H2,1H3. The molecule has 0 atom stereocenters. The fourth-order valence-corrected chi connectivity index (χ4v) is 2.03. The van der Waals surface area contributed by atoms with E-state index in [0.717, 1.165) is 19.3 Å². The summed E-state index contributed by atoms with van der Waals surface area (Å²) in [6, 6.07) is 4.86. The van der Waals surface area contributed by atoms with Crippen molar-refractivity contribution in [1.29, 1.82) is 0 Å². The van der Waals surface area contributed by atoms with Gasteiger partial charge in [-0.2, -0.15) is 0 Å². The van der Waals surface area contributed by atoms with Gasteiger partial charge in [0, 0.05) is 12.2 Å². The maximum Gasteiger partial charge on any atom is 0.261 e. The molecule has 4 nitrogen and oxygen atoms in total. The predicted octanol–water partition coefficient (Wildman–Crippen LogP) is 2.05. The van der Waals surface area contributed by atoms with Crippen LogP contribution in [0.25, 0.3) is 0 Å². The van der Waals surface area contributed by atoms with Gasteiger partial charge in [0.05, 0.1) is 11.1 Å². The lowest BCUT2D eigenvalue weighted by atomic mass is 10.1. The fourth-order valence-electron chi connectivity index (χ4n) is 2.03. The minimum absolute atomic E-state index is 0.193. The van der Waals surface area contributed by atoms with E-state index >= 15 is 0 Å². The zero-order chi connectivity index (χ0) is 12.4. The van der Waals surface area contributed by atoms with Crippen molar-refractivity contribution in [3.8, 4) is 0 Å². The van der Waals surface area contributed by atoms with Crippen LogP contribution in [-0.2, 0) is 0 Å². The SMILES string of the molecule is CCCCCN1C(=O)c2ccc(N)cc2C1=O. The molecule has 0 saturated heterocycles. The summed E-state index contributed by atoms with van der Waals surface area (Å²) in [5, 5.41) is 0. The quantitative estimate of drug-likeness (QED) is 0.491. The normalized spacial score (nSPS) is 14.3. The van der Waals surface area contributed by atoms with Crippen molar-refractivity contribution in [2.24, 2.45) is 0 Å². The Kier molecular flexibility index (Phi) is 3.13. The molecule has 0 bridgehead atoms. The molecule has 1 aliphatic rings. The first-order chi connectivity index (χ1) is 8.15. The maximum absolute atomic E-state index is 12.0. The van der Waals surface area contributed by atoms with Gasteiger partial charge in [0.15, 0.2) is 0 Å². The third-order valence-corrected chi connectivity index (χ3v) is 2.98. The van der Waals surface area contributed by atoms with Crippen molar-refractivity contribution in [2.45, 2.75) is 26.2 Å². The smallest absolute Gasteiger partial charge is 0.261 e. The van der Waals surface area contributed by atoms with Crippen LogP contribution < -0.4 is 5.73 Å². The molecule has 0 radical (unpaired) electrons. The number of fused-ring (bicyclic) bond motifs is 1. The summed E-state index contributed by atoms with van der Waals surface area (Å²) in [7, 11) is 0. The molecule has 0 fully saturated rings. The highest BCUT2D eigenvalue weighted by atomic mass is 16.2. The van der Waals surface area contributed by atoms with Crippen LogP contribution in [0.4, 0.5) is 5.69 Å². The first-order valence-electron chi connectivity index (χ1n) is 5.91.